The Labute approximate surface area is 74.1 Å². The highest BCUT2D eigenvalue weighted by molar-refractivity contribution is 5.45. The molecule has 0 aliphatic carbocycles. The second-order valence-electron chi connectivity index (χ2n) is 2.51. The minimum absolute atomic E-state index is 0.0748. The topological polar surface area (TPSA) is 52.4 Å². The highest BCUT2D eigenvalue weighted by atomic mass is 19.1. The summed E-state index contributed by atoms with van der Waals surface area (Å²) in [7, 11) is 1.27. The maximum Gasteiger partial charge on any atom is 0.308 e. The fourth-order valence-corrected chi connectivity index (χ4v) is 1.03. The average Bonchev–Trinajstić information content (AvgIpc) is 2.04. The summed E-state index contributed by atoms with van der Waals surface area (Å²) in [6.07, 6.45) is 0. The van der Waals surface area contributed by atoms with E-state index in [9.17, 15) is 14.5 Å². The third kappa shape index (κ3) is 1.58. The van der Waals surface area contributed by atoms with Crippen LogP contribution in [0.1, 0.15) is 5.56 Å². The molecular weight excluding hydrogens is 177 g/mol. The number of benzene rings is 1. The number of nitro groups is 1. The van der Waals surface area contributed by atoms with Crippen LogP contribution in [0, 0.1) is 22.9 Å². The number of halogens is 1. The number of methoxy groups -OCH3 is 1. The first-order valence-electron chi connectivity index (χ1n) is 3.55. The molecule has 13 heavy (non-hydrogen) atoms. The van der Waals surface area contributed by atoms with E-state index >= 15 is 0 Å². The van der Waals surface area contributed by atoms with Gasteiger partial charge in [0.1, 0.15) is 0 Å². The first kappa shape index (κ1) is 9.44. The molecule has 1 aromatic carbocycles. The van der Waals surface area contributed by atoms with E-state index in [2.05, 4.69) is 4.74 Å². The SMILES string of the molecule is COc1c(C)ccc([N+](=O)[O-])c1F. The summed E-state index contributed by atoms with van der Waals surface area (Å²) < 4.78 is 17.9. The lowest BCUT2D eigenvalue weighted by Gasteiger charge is -2.04. The van der Waals surface area contributed by atoms with Crippen molar-refractivity contribution in [3.8, 4) is 5.75 Å². The lowest BCUT2D eigenvalue weighted by Crippen LogP contribution is -1.97. The Morgan fingerprint density at radius 1 is 1.54 bits per heavy atom. The summed E-state index contributed by atoms with van der Waals surface area (Å²) >= 11 is 0. The van der Waals surface area contributed by atoms with Crippen molar-refractivity contribution >= 4 is 5.69 Å². The molecule has 0 N–H and O–H groups in total. The van der Waals surface area contributed by atoms with Crippen molar-refractivity contribution in [2.75, 3.05) is 7.11 Å². The molecule has 0 aromatic heterocycles. The number of hydrogen-bond acceptors (Lipinski definition) is 3. The van der Waals surface area contributed by atoms with E-state index in [-0.39, 0.29) is 5.75 Å². The molecule has 0 spiro atoms. The van der Waals surface area contributed by atoms with Gasteiger partial charge >= 0.3 is 5.69 Å². The summed E-state index contributed by atoms with van der Waals surface area (Å²) in [5.41, 5.74) is -0.0342. The maximum absolute atomic E-state index is 13.2. The van der Waals surface area contributed by atoms with Gasteiger partial charge in [0.05, 0.1) is 12.0 Å². The third-order valence-corrected chi connectivity index (χ3v) is 1.67. The predicted octanol–water partition coefficient (Wildman–Crippen LogP) is 2.05. The lowest BCUT2D eigenvalue weighted by atomic mass is 10.2. The fraction of sp³-hybridized carbons (Fsp3) is 0.250. The van der Waals surface area contributed by atoms with Gasteiger partial charge in [-0.3, -0.25) is 10.1 Å². The number of rotatable bonds is 2. The Bertz CT molecular complexity index is 351. The Kier molecular flexibility index (Phi) is 2.46. The van der Waals surface area contributed by atoms with Gasteiger partial charge in [-0.15, -0.1) is 0 Å². The summed E-state index contributed by atoms with van der Waals surface area (Å²) in [6, 6.07) is 2.56. The van der Waals surface area contributed by atoms with Crippen molar-refractivity contribution in [1.29, 1.82) is 0 Å². The standard InChI is InChI=1S/C8H8FNO3/c1-5-3-4-6(10(11)12)7(9)8(5)13-2/h3-4H,1-2H3. The molecular formula is C8H8FNO3. The van der Waals surface area contributed by atoms with Crippen LogP contribution in [0.5, 0.6) is 5.75 Å². The molecule has 70 valence electrons. The minimum atomic E-state index is -0.924. The van der Waals surface area contributed by atoms with Gasteiger partial charge in [-0.1, -0.05) is 0 Å². The van der Waals surface area contributed by atoms with Crippen molar-refractivity contribution < 1.29 is 14.1 Å². The van der Waals surface area contributed by atoms with Gasteiger partial charge in [-0.05, 0) is 18.6 Å². The fourth-order valence-electron chi connectivity index (χ4n) is 1.03. The quantitative estimate of drug-likeness (QED) is 0.523. The highest BCUT2D eigenvalue weighted by Gasteiger charge is 2.19. The molecule has 1 rings (SSSR count). The van der Waals surface area contributed by atoms with Gasteiger partial charge in [0.25, 0.3) is 0 Å². The number of ether oxygens (including phenoxy) is 1. The van der Waals surface area contributed by atoms with Crippen LogP contribution in [-0.4, -0.2) is 12.0 Å². The monoisotopic (exact) mass is 185 g/mol. The summed E-state index contributed by atoms with van der Waals surface area (Å²) in [4.78, 5) is 9.53. The molecule has 4 nitrogen and oxygen atoms in total. The molecule has 0 amide bonds. The molecule has 0 saturated heterocycles. The van der Waals surface area contributed by atoms with E-state index in [0.29, 0.717) is 5.56 Å². The summed E-state index contributed by atoms with van der Waals surface area (Å²) in [6.45, 7) is 1.62. The normalized spacial score (nSPS) is 9.77. The van der Waals surface area contributed by atoms with Crippen LogP contribution in [-0.2, 0) is 0 Å². The van der Waals surface area contributed by atoms with Gasteiger partial charge in [0.2, 0.25) is 5.82 Å². The maximum atomic E-state index is 13.2. The van der Waals surface area contributed by atoms with Crippen molar-refractivity contribution in [3.63, 3.8) is 0 Å². The molecule has 0 bridgehead atoms. The zero-order valence-electron chi connectivity index (χ0n) is 7.20. The average molecular weight is 185 g/mol. The van der Waals surface area contributed by atoms with Gasteiger partial charge < -0.3 is 4.74 Å². The van der Waals surface area contributed by atoms with E-state index in [1.54, 1.807) is 6.92 Å². The van der Waals surface area contributed by atoms with Gasteiger partial charge in [0, 0.05) is 6.07 Å². The van der Waals surface area contributed by atoms with Gasteiger partial charge in [-0.2, -0.15) is 4.39 Å². The largest absolute Gasteiger partial charge is 0.493 e. The Balaban J connectivity index is 3.35. The highest BCUT2D eigenvalue weighted by Crippen LogP contribution is 2.29. The van der Waals surface area contributed by atoms with E-state index in [1.807, 2.05) is 0 Å². The lowest BCUT2D eigenvalue weighted by molar-refractivity contribution is -0.387. The first-order valence-corrected chi connectivity index (χ1v) is 3.55. The molecule has 0 unspecified atom stereocenters. The number of hydrogen-bond donors (Lipinski definition) is 0. The Hall–Kier alpha value is -1.65. The summed E-state index contributed by atoms with van der Waals surface area (Å²) in [5.74, 6) is -0.998. The second kappa shape index (κ2) is 3.38. The predicted molar refractivity (Wildman–Crippen MR) is 44.3 cm³/mol. The second-order valence-corrected chi connectivity index (χ2v) is 2.51. The number of nitrogens with zero attached hydrogens (tertiary/aromatic N) is 1. The number of aryl methyl sites for hydroxylation is 1. The molecule has 5 heteroatoms. The van der Waals surface area contributed by atoms with Crippen LogP contribution in [0.4, 0.5) is 10.1 Å². The van der Waals surface area contributed by atoms with E-state index in [1.165, 1.54) is 13.2 Å². The molecule has 0 heterocycles. The van der Waals surface area contributed by atoms with Crippen LogP contribution in [0.2, 0.25) is 0 Å². The van der Waals surface area contributed by atoms with Crippen molar-refractivity contribution in [2.24, 2.45) is 0 Å². The van der Waals surface area contributed by atoms with Crippen molar-refractivity contribution in [1.82, 2.24) is 0 Å². The Morgan fingerprint density at radius 3 is 2.62 bits per heavy atom. The molecule has 0 saturated carbocycles. The molecule has 0 radical (unpaired) electrons. The van der Waals surface area contributed by atoms with Crippen LogP contribution < -0.4 is 4.74 Å². The van der Waals surface area contributed by atoms with E-state index in [0.717, 1.165) is 6.07 Å². The summed E-state index contributed by atoms with van der Waals surface area (Å²) in [5, 5.41) is 10.3. The molecule has 0 aliphatic heterocycles. The molecule has 1 aromatic rings. The van der Waals surface area contributed by atoms with E-state index < -0.39 is 16.4 Å². The first-order chi connectivity index (χ1) is 6.07. The molecule has 0 aliphatic rings. The molecule has 0 atom stereocenters. The smallest absolute Gasteiger partial charge is 0.308 e. The molecule has 0 fully saturated rings. The van der Waals surface area contributed by atoms with E-state index in [4.69, 9.17) is 0 Å². The van der Waals surface area contributed by atoms with Crippen LogP contribution in [0.15, 0.2) is 12.1 Å². The van der Waals surface area contributed by atoms with Crippen LogP contribution >= 0.6 is 0 Å². The zero-order chi connectivity index (χ0) is 10.0. The van der Waals surface area contributed by atoms with Gasteiger partial charge in [-0.25, -0.2) is 0 Å². The van der Waals surface area contributed by atoms with Gasteiger partial charge in [0.15, 0.2) is 5.75 Å². The number of nitro benzene ring substituents is 1. The third-order valence-electron chi connectivity index (χ3n) is 1.67. The zero-order valence-corrected chi connectivity index (χ0v) is 7.20. The minimum Gasteiger partial charge on any atom is -0.493 e. The van der Waals surface area contributed by atoms with Crippen LogP contribution in [0.25, 0.3) is 0 Å². The van der Waals surface area contributed by atoms with Crippen molar-refractivity contribution in [2.45, 2.75) is 6.92 Å². The van der Waals surface area contributed by atoms with Crippen LogP contribution in [0.3, 0.4) is 0 Å². The Morgan fingerprint density at radius 2 is 2.15 bits per heavy atom. The van der Waals surface area contributed by atoms with Crippen molar-refractivity contribution in [3.05, 3.63) is 33.6 Å².